The standard InChI is InChI=1S/C80H89F3N18O11/c1-93(51-24-28-97(29-25-51)62-10-7-12-64-73(62)95(3)79(110)101(64)66-19-21-71(104)90-77(66)108)40-46-14-16-52(99-43-49-33-61(68(112-31-30-102)37-59(49)92-99)88-75(106)57-9-6-13-69(86-57)80(81,82)83)34-55(46)56-35-53(98-42-48-32-60(67(111-4)36-58(48)91-98)87-74(105)50-38-84-44-85-39-50)17-15-47(56)41-96-26-22-45(23-27-96)54-8-5-11-63-72(54)94(2)78(109)100(63)65-18-20-70(103)89-76(65)107/h5-13,32-33,36-39,42-47,51-53,55-56,65-66,102H,14-31,34-35,40-41H2,1-4H3,(H,87,105)(H,88,106)(H,89,103,107)(H,90,104,108)/t46-,47-,52+,53+,55?,56?,65?,66?/m0/s1. The van der Waals surface area contributed by atoms with Crippen molar-refractivity contribution in [3.05, 3.63) is 153 Å². The first kappa shape index (κ1) is 74.9. The van der Waals surface area contributed by atoms with Crippen molar-refractivity contribution >= 4 is 96.4 Å². The average molecular weight is 1540 g/mol. The van der Waals surface area contributed by atoms with Gasteiger partial charge in [0.15, 0.2) is 0 Å². The van der Waals surface area contributed by atoms with Crippen molar-refractivity contribution in [2.45, 2.75) is 132 Å². The van der Waals surface area contributed by atoms with E-state index in [1.54, 1.807) is 47.0 Å². The van der Waals surface area contributed by atoms with Crippen molar-refractivity contribution in [3.63, 3.8) is 0 Å². The molecule has 4 aromatic carbocycles. The van der Waals surface area contributed by atoms with Gasteiger partial charge in [0.2, 0.25) is 23.6 Å². The summed E-state index contributed by atoms with van der Waals surface area (Å²) in [5.41, 5.74) is 4.63. The van der Waals surface area contributed by atoms with Crippen LogP contribution in [0.25, 0.3) is 43.9 Å². The fourth-order valence-electron chi connectivity index (χ4n) is 18.9. The topological polar surface area (TPSA) is 327 Å². The zero-order valence-electron chi connectivity index (χ0n) is 62.6. The number of amides is 6. The number of hydrogen-bond acceptors (Lipinski definition) is 19. The molecule has 32 heteroatoms. The fraction of sp³-hybridized carbons (Fsp3) is 0.463. The molecule has 8 atom stereocenters. The van der Waals surface area contributed by atoms with Crippen molar-refractivity contribution in [2.75, 3.05) is 82.2 Å². The van der Waals surface area contributed by atoms with E-state index in [4.69, 9.17) is 19.7 Å². The first-order valence-electron chi connectivity index (χ1n) is 38.6. The van der Waals surface area contributed by atoms with Gasteiger partial charge in [-0.05, 0) is 175 Å². The van der Waals surface area contributed by atoms with Gasteiger partial charge in [-0.1, -0.05) is 24.3 Å². The molecule has 29 nitrogen and oxygen atoms in total. The number of para-hydroxylation sites is 2. The molecule has 16 rings (SSSR count). The van der Waals surface area contributed by atoms with Gasteiger partial charge in [-0.15, -0.1) is 0 Å². The molecule has 0 radical (unpaired) electrons. The highest BCUT2D eigenvalue weighted by Crippen LogP contribution is 2.51. The second kappa shape index (κ2) is 30.9. The Kier molecular flexibility index (Phi) is 20.7. The van der Waals surface area contributed by atoms with Crippen molar-refractivity contribution in [1.82, 2.24) is 73.2 Å². The van der Waals surface area contributed by atoms with Gasteiger partial charge < -0.3 is 39.9 Å². The third-order valence-corrected chi connectivity index (χ3v) is 24.5. The van der Waals surface area contributed by atoms with Gasteiger partial charge in [0, 0.05) is 107 Å². The first-order valence-corrected chi connectivity index (χ1v) is 38.6. The van der Waals surface area contributed by atoms with E-state index in [2.05, 4.69) is 74.9 Å². The number of carbonyl (C=O) groups is 6. The van der Waals surface area contributed by atoms with E-state index in [1.165, 1.54) is 29.4 Å². The highest BCUT2D eigenvalue weighted by atomic mass is 19.4. The number of carbonyl (C=O) groups excluding carboxylic acids is 6. The van der Waals surface area contributed by atoms with Crippen LogP contribution in [0, 0.1) is 23.7 Å². The molecule has 5 N–H and O–H groups in total. The van der Waals surface area contributed by atoms with Crippen LogP contribution in [0.3, 0.4) is 0 Å². The highest BCUT2D eigenvalue weighted by molar-refractivity contribution is 6.07. The smallest absolute Gasteiger partial charge is 0.433 e. The van der Waals surface area contributed by atoms with Crippen LogP contribution in [-0.4, -0.2) is 176 Å². The minimum absolute atomic E-state index is 0.0399. The van der Waals surface area contributed by atoms with Gasteiger partial charge in [-0.25, -0.2) is 24.5 Å². The van der Waals surface area contributed by atoms with Crippen molar-refractivity contribution in [3.8, 4) is 11.5 Å². The summed E-state index contributed by atoms with van der Waals surface area (Å²) in [4.78, 5) is 126. The number of fused-ring (bicyclic) bond motifs is 4. The molecule has 0 spiro atoms. The largest absolute Gasteiger partial charge is 0.494 e. The number of pyridine rings is 1. The molecule has 2 aliphatic carbocycles. The molecule has 10 heterocycles. The van der Waals surface area contributed by atoms with E-state index in [0.717, 1.165) is 130 Å². The SMILES string of the molecule is COc1cc2nn([C@@H]3CC[C@@H](CN4CCC(c5cccc6c5n(C)c(=O)n6C5CCC(=O)NC5=O)CC4)C(C4C[C@H](n5cc6cc(NC(=O)c7cccc(C(F)(F)F)n7)c(OCCO)cc6n5)CC[C@H]4CN(C)C4CCN(c5cccc6c5n(C)c(=O)n6C5CCC(=O)NC5=O)CC4)C3)cc2cc1NC(=O)c1cncnc1. The first-order chi connectivity index (χ1) is 54.0. The molecule has 6 fully saturated rings. The molecule has 112 heavy (non-hydrogen) atoms. The van der Waals surface area contributed by atoms with Crippen LogP contribution < -0.4 is 47.0 Å². The van der Waals surface area contributed by atoms with Gasteiger partial charge in [0.1, 0.15) is 47.9 Å². The van der Waals surface area contributed by atoms with Crippen LogP contribution in [0.15, 0.2) is 120 Å². The van der Waals surface area contributed by atoms with E-state index in [0.29, 0.717) is 52.0 Å². The lowest BCUT2D eigenvalue weighted by molar-refractivity contribution is -0.141. The molecular formula is C80H89F3N18O11. The quantitative estimate of drug-likeness (QED) is 0.0445. The summed E-state index contributed by atoms with van der Waals surface area (Å²) in [7, 11) is 7.28. The number of likely N-dealkylation sites (tertiary alicyclic amines) is 1. The van der Waals surface area contributed by atoms with Gasteiger partial charge in [-0.3, -0.25) is 67.0 Å². The number of hydrogen-bond donors (Lipinski definition) is 5. The fourth-order valence-corrected chi connectivity index (χ4v) is 18.9. The molecule has 4 aliphatic heterocycles. The average Bonchev–Trinajstić information content (AvgIpc) is 1.60. The number of nitrogens with zero attached hydrogens (tertiary/aromatic N) is 14. The maximum atomic E-state index is 14.1. The Morgan fingerprint density at radius 2 is 1.21 bits per heavy atom. The Morgan fingerprint density at radius 3 is 1.82 bits per heavy atom. The van der Waals surface area contributed by atoms with Crippen LogP contribution in [0.2, 0.25) is 0 Å². The van der Waals surface area contributed by atoms with Gasteiger partial charge in [-0.2, -0.15) is 23.4 Å². The Balaban J connectivity index is 0.720. The van der Waals surface area contributed by atoms with E-state index in [1.807, 2.05) is 53.3 Å². The van der Waals surface area contributed by atoms with Crippen LogP contribution in [0.4, 0.5) is 30.2 Å². The van der Waals surface area contributed by atoms with Crippen molar-refractivity contribution < 1.29 is 56.5 Å². The summed E-state index contributed by atoms with van der Waals surface area (Å²) in [6.45, 7) is 4.14. The molecule has 4 saturated heterocycles. The maximum Gasteiger partial charge on any atom is 0.433 e. The summed E-state index contributed by atoms with van der Waals surface area (Å²) >= 11 is 0. The number of aromatic nitrogens is 11. The molecule has 2 saturated carbocycles. The number of aliphatic hydroxyl groups excluding tert-OH is 1. The van der Waals surface area contributed by atoms with E-state index < -0.39 is 53.3 Å². The minimum Gasteiger partial charge on any atom is -0.494 e. The molecule has 4 unspecified atom stereocenters. The number of halogens is 3. The molecule has 10 aromatic rings. The summed E-state index contributed by atoms with van der Waals surface area (Å²) in [6, 6.07) is 20.4. The summed E-state index contributed by atoms with van der Waals surface area (Å²) in [6.07, 6.45) is 12.4. The second-order valence-electron chi connectivity index (χ2n) is 31.0. The molecular weight excluding hydrogens is 1450 g/mol. The predicted octanol–water partition coefficient (Wildman–Crippen LogP) is 8.83. The summed E-state index contributed by atoms with van der Waals surface area (Å²) in [5, 5.41) is 32.5. The number of anilines is 3. The lowest BCUT2D eigenvalue weighted by Gasteiger charge is -2.49. The molecule has 6 aliphatic rings. The number of imidazole rings is 2. The molecule has 6 amide bonds. The van der Waals surface area contributed by atoms with Crippen molar-refractivity contribution in [2.24, 2.45) is 37.8 Å². The molecule has 6 aromatic heterocycles. The summed E-state index contributed by atoms with van der Waals surface area (Å²) < 4.78 is 63.8. The Labute approximate surface area is 640 Å². The van der Waals surface area contributed by atoms with Crippen molar-refractivity contribution in [1.29, 1.82) is 0 Å². The number of piperidine rings is 4. The maximum absolute atomic E-state index is 14.1. The number of ether oxygens (including phenoxy) is 2. The third-order valence-electron chi connectivity index (χ3n) is 24.5. The number of aliphatic hydroxyl groups is 1. The number of alkyl halides is 3. The number of methoxy groups -OCH3 is 1. The number of benzene rings is 4. The number of aryl methyl sites for hydroxylation is 2. The van der Waals surface area contributed by atoms with Crippen LogP contribution in [0.1, 0.15) is 152 Å². The number of nitrogens with one attached hydrogen (secondary N) is 4. The third kappa shape index (κ3) is 14.6. The van der Waals surface area contributed by atoms with Gasteiger partial charge >= 0.3 is 17.6 Å². The monoisotopic (exact) mass is 1530 g/mol. The van der Waals surface area contributed by atoms with Gasteiger partial charge in [0.05, 0.1) is 81.5 Å². The highest BCUT2D eigenvalue weighted by Gasteiger charge is 2.46. The Hall–Kier alpha value is -11.1. The zero-order chi connectivity index (χ0) is 78.0. The number of imide groups is 2. The zero-order valence-corrected chi connectivity index (χ0v) is 62.6. The Bertz CT molecular complexity index is 5440. The normalized spacial score (nSPS) is 22.6. The Morgan fingerprint density at radius 1 is 0.652 bits per heavy atom. The molecule has 0 bridgehead atoms. The van der Waals surface area contributed by atoms with Crippen LogP contribution >= 0.6 is 0 Å². The lowest BCUT2D eigenvalue weighted by atomic mass is 9.62. The van der Waals surface area contributed by atoms with Crippen LogP contribution in [-0.2, 0) is 39.4 Å². The van der Waals surface area contributed by atoms with E-state index >= 15 is 0 Å². The predicted molar refractivity (Wildman–Crippen MR) is 409 cm³/mol. The lowest BCUT2D eigenvalue weighted by Crippen LogP contribution is -2.49. The molecule has 586 valence electrons. The van der Waals surface area contributed by atoms with E-state index in [9.17, 15) is 56.6 Å². The minimum atomic E-state index is -4.79. The summed E-state index contributed by atoms with van der Waals surface area (Å²) in [5.74, 6) is -1.59. The van der Waals surface area contributed by atoms with E-state index in [-0.39, 0.29) is 127 Å². The van der Waals surface area contributed by atoms with Crippen LogP contribution in [0.5, 0.6) is 11.5 Å². The number of rotatable bonds is 20. The second-order valence-corrected chi connectivity index (χ2v) is 31.0. The van der Waals surface area contributed by atoms with Gasteiger partial charge in [0.25, 0.3) is 11.8 Å².